The number of nitrogens with two attached hydrogens (primary N) is 1. The van der Waals surface area contributed by atoms with Crippen molar-refractivity contribution in [3.8, 4) is 0 Å². The molecule has 130 valence electrons. The first-order chi connectivity index (χ1) is 12.0. The first kappa shape index (κ1) is 16.9. The topological polar surface area (TPSA) is 102 Å². The highest BCUT2D eigenvalue weighted by atomic mass is 16.6. The van der Waals surface area contributed by atoms with E-state index in [-0.39, 0.29) is 29.0 Å². The summed E-state index contributed by atoms with van der Waals surface area (Å²) in [7, 11) is 1.80. The highest BCUT2D eigenvalue weighted by Gasteiger charge is 2.36. The number of aromatic nitrogens is 1. The minimum absolute atomic E-state index is 0.0803. The van der Waals surface area contributed by atoms with E-state index in [1.54, 1.807) is 7.05 Å². The second-order valence-corrected chi connectivity index (χ2v) is 6.28. The van der Waals surface area contributed by atoms with Crippen LogP contribution in [0, 0.1) is 10.1 Å². The van der Waals surface area contributed by atoms with Gasteiger partial charge in [-0.3, -0.25) is 14.9 Å². The summed E-state index contributed by atoms with van der Waals surface area (Å²) in [5.41, 5.74) is 6.08. The number of benzene rings is 1. The molecule has 2 N–H and O–H groups in total. The molecule has 0 aliphatic heterocycles. The lowest BCUT2D eigenvalue weighted by Crippen LogP contribution is -2.35. The van der Waals surface area contributed by atoms with Gasteiger partial charge in [0.1, 0.15) is 5.56 Å². The number of likely N-dealkylation sites (N-methyl/N-ethyl adjacent to an activating group) is 1. The van der Waals surface area contributed by atoms with Crippen molar-refractivity contribution < 1.29 is 9.72 Å². The van der Waals surface area contributed by atoms with Crippen molar-refractivity contribution in [3.05, 3.63) is 63.8 Å². The summed E-state index contributed by atoms with van der Waals surface area (Å²) >= 11 is 0. The molecule has 1 heterocycles. The summed E-state index contributed by atoms with van der Waals surface area (Å²) in [4.78, 5) is 28.6. The summed E-state index contributed by atoms with van der Waals surface area (Å²) in [6, 6.07) is 11.5. The molecule has 0 bridgehead atoms. The monoisotopic (exact) mass is 340 g/mol. The van der Waals surface area contributed by atoms with Gasteiger partial charge < -0.3 is 10.6 Å². The van der Waals surface area contributed by atoms with Gasteiger partial charge in [-0.2, -0.15) is 0 Å². The summed E-state index contributed by atoms with van der Waals surface area (Å²) in [5, 5.41) is 11.5. The molecule has 1 amide bonds. The lowest BCUT2D eigenvalue weighted by atomic mass is 9.93. The zero-order valence-electron chi connectivity index (χ0n) is 14.0. The zero-order chi connectivity index (χ0) is 18.0. The molecule has 1 aromatic carbocycles. The van der Waals surface area contributed by atoms with E-state index in [4.69, 9.17) is 5.73 Å². The number of carbonyl (C=O) groups excluding carboxylic acids is 1. The zero-order valence-corrected chi connectivity index (χ0v) is 14.0. The van der Waals surface area contributed by atoms with Gasteiger partial charge in [-0.15, -0.1) is 0 Å². The Balaban J connectivity index is 2.00. The standard InChI is InChI=1S/C18H20N4O3/c1-21(15-9-5-8-13(15)12-6-3-2-4-7-12)18-16(22(24)25)14(17(19)23)10-11-20-18/h2-4,6-7,10-11,13,15H,5,8-9H2,1H3,(H2,19,23)/t13-,15-/m0/s1. The van der Waals surface area contributed by atoms with Gasteiger partial charge in [-0.25, -0.2) is 4.98 Å². The van der Waals surface area contributed by atoms with Crippen molar-refractivity contribution in [1.82, 2.24) is 4.98 Å². The maximum absolute atomic E-state index is 11.6. The molecule has 0 saturated heterocycles. The van der Waals surface area contributed by atoms with Crippen LogP contribution in [0.4, 0.5) is 11.5 Å². The number of pyridine rings is 1. The summed E-state index contributed by atoms with van der Waals surface area (Å²) in [6.45, 7) is 0. The third-order valence-corrected chi connectivity index (χ3v) is 4.89. The second kappa shape index (κ2) is 6.88. The van der Waals surface area contributed by atoms with Crippen LogP contribution >= 0.6 is 0 Å². The lowest BCUT2D eigenvalue weighted by Gasteiger charge is -2.30. The maximum Gasteiger partial charge on any atom is 0.324 e. The van der Waals surface area contributed by atoms with Gasteiger partial charge in [0.15, 0.2) is 0 Å². The van der Waals surface area contributed by atoms with E-state index in [9.17, 15) is 14.9 Å². The molecule has 7 heteroatoms. The van der Waals surface area contributed by atoms with Gasteiger partial charge in [-0.05, 0) is 24.5 Å². The third-order valence-electron chi connectivity index (χ3n) is 4.89. The molecule has 1 saturated carbocycles. The SMILES string of the molecule is CN(c1nccc(C(N)=O)c1[N+](=O)[O-])[C@H]1CCC[C@H]1c1ccccc1. The fraction of sp³-hybridized carbons (Fsp3) is 0.333. The molecule has 7 nitrogen and oxygen atoms in total. The average molecular weight is 340 g/mol. The molecule has 0 unspecified atom stereocenters. The summed E-state index contributed by atoms with van der Waals surface area (Å²) in [5.74, 6) is -0.367. The Morgan fingerprint density at radius 2 is 2.00 bits per heavy atom. The van der Waals surface area contributed by atoms with Crippen molar-refractivity contribution in [2.45, 2.75) is 31.2 Å². The fourth-order valence-corrected chi connectivity index (χ4v) is 3.73. The van der Waals surface area contributed by atoms with Crippen LogP contribution in [0.2, 0.25) is 0 Å². The van der Waals surface area contributed by atoms with Gasteiger partial charge in [0.2, 0.25) is 5.82 Å². The van der Waals surface area contributed by atoms with Crippen LogP contribution in [0.25, 0.3) is 0 Å². The van der Waals surface area contributed by atoms with Crippen molar-refractivity contribution in [2.24, 2.45) is 5.73 Å². The van der Waals surface area contributed by atoms with Crippen molar-refractivity contribution in [1.29, 1.82) is 0 Å². The van der Waals surface area contributed by atoms with Crippen molar-refractivity contribution >= 4 is 17.4 Å². The largest absolute Gasteiger partial charge is 0.365 e. The highest BCUT2D eigenvalue weighted by molar-refractivity contribution is 5.98. The molecule has 1 fully saturated rings. The Labute approximate surface area is 145 Å². The molecule has 25 heavy (non-hydrogen) atoms. The van der Waals surface area contributed by atoms with E-state index in [2.05, 4.69) is 17.1 Å². The van der Waals surface area contributed by atoms with E-state index < -0.39 is 10.8 Å². The molecule has 1 aliphatic carbocycles. The normalized spacial score (nSPS) is 19.6. The molecular formula is C18H20N4O3. The van der Waals surface area contributed by atoms with Gasteiger partial charge in [-0.1, -0.05) is 36.8 Å². The number of rotatable bonds is 5. The van der Waals surface area contributed by atoms with Gasteiger partial charge >= 0.3 is 5.69 Å². The molecule has 0 spiro atoms. The number of amides is 1. The van der Waals surface area contributed by atoms with Crippen LogP contribution < -0.4 is 10.6 Å². The minimum atomic E-state index is -0.824. The number of primary amides is 1. The number of carbonyl (C=O) groups is 1. The first-order valence-electron chi connectivity index (χ1n) is 8.21. The Kier molecular flexibility index (Phi) is 4.65. The molecule has 1 aromatic heterocycles. The Hall–Kier alpha value is -2.96. The van der Waals surface area contributed by atoms with Crippen molar-refractivity contribution in [3.63, 3.8) is 0 Å². The highest BCUT2D eigenvalue weighted by Crippen LogP contribution is 2.40. The Bertz CT molecular complexity index is 794. The van der Waals surface area contributed by atoms with Crippen molar-refractivity contribution in [2.75, 3.05) is 11.9 Å². The molecule has 3 rings (SSSR count). The number of nitrogens with zero attached hydrogens (tertiary/aromatic N) is 3. The second-order valence-electron chi connectivity index (χ2n) is 6.28. The Morgan fingerprint density at radius 3 is 2.64 bits per heavy atom. The van der Waals surface area contributed by atoms with Gasteiger partial charge in [0.05, 0.1) is 4.92 Å². The average Bonchev–Trinajstić information content (AvgIpc) is 3.10. The van der Waals surface area contributed by atoms with Crippen LogP contribution in [-0.2, 0) is 0 Å². The van der Waals surface area contributed by atoms with E-state index in [1.165, 1.54) is 17.8 Å². The predicted molar refractivity (Wildman–Crippen MR) is 94.6 cm³/mol. The molecule has 2 aromatic rings. The van der Waals surface area contributed by atoms with Crippen LogP contribution in [0.15, 0.2) is 42.6 Å². The summed E-state index contributed by atoms with van der Waals surface area (Å²) < 4.78 is 0. The molecule has 0 radical (unpaired) electrons. The first-order valence-corrected chi connectivity index (χ1v) is 8.21. The molecular weight excluding hydrogens is 320 g/mol. The molecule has 1 aliphatic rings. The summed E-state index contributed by atoms with van der Waals surface area (Å²) in [6.07, 6.45) is 4.36. The Morgan fingerprint density at radius 1 is 1.28 bits per heavy atom. The minimum Gasteiger partial charge on any atom is -0.365 e. The number of hydrogen-bond acceptors (Lipinski definition) is 5. The van der Waals surface area contributed by atoms with E-state index in [0.717, 1.165) is 19.3 Å². The van der Waals surface area contributed by atoms with Crippen LogP contribution in [-0.4, -0.2) is 28.9 Å². The van der Waals surface area contributed by atoms with Gasteiger partial charge in [0.25, 0.3) is 5.91 Å². The molecule has 2 atom stereocenters. The van der Waals surface area contributed by atoms with E-state index in [0.29, 0.717) is 0 Å². The van der Waals surface area contributed by atoms with Crippen LogP contribution in [0.1, 0.15) is 41.1 Å². The van der Waals surface area contributed by atoms with Crippen LogP contribution in [0.3, 0.4) is 0 Å². The fourth-order valence-electron chi connectivity index (χ4n) is 3.73. The smallest absolute Gasteiger partial charge is 0.324 e. The number of anilines is 1. The lowest BCUT2D eigenvalue weighted by molar-refractivity contribution is -0.384. The number of hydrogen-bond donors (Lipinski definition) is 1. The van der Waals surface area contributed by atoms with Gasteiger partial charge in [0, 0.05) is 25.2 Å². The van der Waals surface area contributed by atoms with Crippen LogP contribution in [0.5, 0.6) is 0 Å². The third kappa shape index (κ3) is 3.17. The van der Waals surface area contributed by atoms with E-state index in [1.807, 2.05) is 23.1 Å². The number of nitro groups is 1. The predicted octanol–water partition coefficient (Wildman–Crippen LogP) is 2.86. The quantitative estimate of drug-likeness (QED) is 0.666. The maximum atomic E-state index is 11.6. The van der Waals surface area contributed by atoms with E-state index >= 15 is 0 Å².